The SMILES string of the molecule is Nc1c2c(nn1C1CCCC1)CCS(=O)(=O)C2. The molecule has 2 heterocycles. The van der Waals surface area contributed by atoms with Crippen molar-refractivity contribution in [1.29, 1.82) is 0 Å². The van der Waals surface area contributed by atoms with Crippen LogP contribution in [0.1, 0.15) is 43.0 Å². The third-order valence-electron chi connectivity index (χ3n) is 3.82. The van der Waals surface area contributed by atoms with Gasteiger partial charge in [0.25, 0.3) is 0 Å². The normalized spacial score (nSPS) is 23.8. The van der Waals surface area contributed by atoms with Crippen molar-refractivity contribution in [3.8, 4) is 0 Å². The van der Waals surface area contributed by atoms with E-state index in [0.717, 1.165) is 24.1 Å². The molecule has 2 N–H and O–H groups in total. The van der Waals surface area contributed by atoms with Gasteiger partial charge in [-0.3, -0.25) is 0 Å². The minimum atomic E-state index is -2.96. The Hall–Kier alpha value is -1.04. The Kier molecular flexibility index (Phi) is 2.43. The molecule has 5 nitrogen and oxygen atoms in total. The van der Waals surface area contributed by atoms with Gasteiger partial charge in [-0.15, -0.1) is 0 Å². The summed E-state index contributed by atoms with van der Waals surface area (Å²) in [6, 6.07) is 0.378. The summed E-state index contributed by atoms with van der Waals surface area (Å²) in [5, 5.41) is 4.53. The zero-order chi connectivity index (χ0) is 12.0. The standard InChI is InChI=1S/C11H17N3O2S/c12-11-9-7-17(15,16)6-5-10(9)13-14(11)8-3-1-2-4-8/h8H,1-7,12H2. The van der Waals surface area contributed by atoms with Crippen LogP contribution in [0.15, 0.2) is 0 Å². The fraction of sp³-hybridized carbons (Fsp3) is 0.727. The van der Waals surface area contributed by atoms with E-state index in [9.17, 15) is 8.42 Å². The van der Waals surface area contributed by atoms with Gasteiger partial charge in [0, 0.05) is 12.0 Å². The second-order valence-electron chi connectivity index (χ2n) is 5.04. The van der Waals surface area contributed by atoms with Crippen LogP contribution in [0.25, 0.3) is 0 Å². The number of nitrogens with zero attached hydrogens (tertiary/aromatic N) is 2. The smallest absolute Gasteiger partial charge is 0.155 e. The highest BCUT2D eigenvalue weighted by Crippen LogP contribution is 2.34. The average Bonchev–Trinajstić information content (AvgIpc) is 2.87. The summed E-state index contributed by atoms with van der Waals surface area (Å²) in [5.41, 5.74) is 7.71. The molecule has 0 unspecified atom stereocenters. The van der Waals surface area contributed by atoms with E-state index >= 15 is 0 Å². The van der Waals surface area contributed by atoms with Gasteiger partial charge in [-0.05, 0) is 12.8 Å². The first-order chi connectivity index (χ1) is 8.07. The van der Waals surface area contributed by atoms with Gasteiger partial charge in [-0.2, -0.15) is 5.10 Å². The van der Waals surface area contributed by atoms with E-state index in [1.165, 1.54) is 12.8 Å². The minimum absolute atomic E-state index is 0.0703. The van der Waals surface area contributed by atoms with Gasteiger partial charge < -0.3 is 5.73 Å². The lowest BCUT2D eigenvalue weighted by Crippen LogP contribution is -2.18. The van der Waals surface area contributed by atoms with Gasteiger partial charge in [0.1, 0.15) is 5.82 Å². The summed E-state index contributed by atoms with van der Waals surface area (Å²) in [7, 11) is -2.96. The zero-order valence-corrected chi connectivity index (χ0v) is 10.5. The topological polar surface area (TPSA) is 78.0 Å². The number of nitrogen functional groups attached to an aromatic ring is 1. The Morgan fingerprint density at radius 2 is 2.00 bits per heavy atom. The first-order valence-electron chi connectivity index (χ1n) is 6.13. The molecule has 1 aromatic rings. The molecule has 0 saturated heterocycles. The van der Waals surface area contributed by atoms with Gasteiger partial charge in [-0.1, -0.05) is 12.8 Å². The van der Waals surface area contributed by atoms with Crippen molar-refractivity contribution in [2.45, 2.75) is 43.9 Å². The van der Waals surface area contributed by atoms with Crippen molar-refractivity contribution in [1.82, 2.24) is 9.78 Å². The van der Waals surface area contributed by atoms with Crippen molar-refractivity contribution in [2.24, 2.45) is 0 Å². The van der Waals surface area contributed by atoms with E-state index in [4.69, 9.17) is 5.73 Å². The fourth-order valence-corrected chi connectivity index (χ4v) is 4.26. The van der Waals surface area contributed by atoms with Crippen LogP contribution < -0.4 is 5.73 Å². The lowest BCUT2D eigenvalue weighted by molar-refractivity contribution is 0.470. The summed E-state index contributed by atoms with van der Waals surface area (Å²) >= 11 is 0. The number of sulfone groups is 1. The van der Waals surface area contributed by atoms with Crippen LogP contribution in [0.5, 0.6) is 0 Å². The van der Waals surface area contributed by atoms with Crippen molar-refractivity contribution < 1.29 is 8.42 Å². The third kappa shape index (κ3) is 1.84. The highest BCUT2D eigenvalue weighted by atomic mass is 32.2. The number of hydrogen-bond acceptors (Lipinski definition) is 4. The Morgan fingerprint density at radius 1 is 1.29 bits per heavy atom. The molecule has 3 rings (SSSR count). The summed E-state index contributed by atoms with van der Waals surface area (Å²) in [6.07, 6.45) is 5.16. The molecule has 0 bridgehead atoms. The van der Waals surface area contributed by atoms with Crippen molar-refractivity contribution in [3.63, 3.8) is 0 Å². The maximum absolute atomic E-state index is 11.6. The molecule has 94 valence electrons. The maximum Gasteiger partial charge on any atom is 0.155 e. The number of anilines is 1. The van der Waals surface area contributed by atoms with Gasteiger partial charge in [0.15, 0.2) is 9.84 Å². The molecule has 6 heteroatoms. The molecule has 0 spiro atoms. The fourth-order valence-electron chi connectivity index (χ4n) is 2.86. The highest BCUT2D eigenvalue weighted by Gasteiger charge is 2.30. The highest BCUT2D eigenvalue weighted by molar-refractivity contribution is 7.90. The third-order valence-corrected chi connectivity index (χ3v) is 5.37. The van der Waals surface area contributed by atoms with Crippen molar-refractivity contribution in [3.05, 3.63) is 11.3 Å². The van der Waals surface area contributed by atoms with Gasteiger partial charge in [0.05, 0.1) is 23.2 Å². The lowest BCUT2D eigenvalue weighted by atomic mass is 10.2. The molecule has 1 aliphatic carbocycles. The predicted molar refractivity (Wildman–Crippen MR) is 65.3 cm³/mol. The molecule has 1 saturated carbocycles. The van der Waals surface area contributed by atoms with E-state index < -0.39 is 9.84 Å². The number of hydrogen-bond donors (Lipinski definition) is 1. The molecule has 1 fully saturated rings. The van der Waals surface area contributed by atoms with E-state index in [0.29, 0.717) is 18.3 Å². The Labute approximate surface area is 101 Å². The average molecular weight is 255 g/mol. The molecule has 0 radical (unpaired) electrons. The minimum Gasteiger partial charge on any atom is -0.384 e. The zero-order valence-electron chi connectivity index (χ0n) is 9.72. The molecule has 0 aromatic carbocycles. The first kappa shape index (κ1) is 11.1. The van der Waals surface area contributed by atoms with Gasteiger partial charge in [0.2, 0.25) is 0 Å². The molecule has 2 aliphatic rings. The number of rotatable bonds is 1. The van der Waals surface area contributed by atoms with Crippen LogP contribution in [0.3, 0.4) is 0 Å². The van der Waals surface area contributed by atoms with Crippen LogP contribution in [0, 0.1) is 0 Å². The summed E-state index contributed by atoms with van der Waals surface area (Å²) in [5.74, 6) is 0.859. The Morgan fingerprint density at radius 3 is 2.71 bits per heavy atom. The van der Waals surface area contributed by atoms with E-state index in [1.807, 2.05) is 4.68 Å². The van der Waals surface area contributed by atoms with Crippen LogP contribution in [-0.2, 0) is 22.0 Å². The van der Waals surface area contributed by atoms with Crippen molar-refractivity contribution >= 4 is 15.7 Å². The molecule has 0 atom stereocenters. The number of fused-ring (bicyclic) bond motifs is 1. The number of nitrogens with two attached hydrogens (primary N) is 1. The summed E-state index contributed by atoms with van der Waals surface area (Å²) < 4.78 is 25.1. The van der Waals surface area contributed by atoms with Crippen LogP contribution in [0.2, 0.25) is 0 Å². The van der Waals surface area contributed by atoms with Crippen LogP contribution in [-0.4, -0.2) is 24.0 Å². The molecular weight excluding hydrogens is 238 g/mol. The first-order valence-corrected chi connectivity index (χ1v) is 7.95. The molecule has 1 aliphatic heterocycles. The van der Waals surface area contributed by atoms with Crippen molar-refractivity contribution in [2.75, 3.05) is 11.5 Å². The molecule has 0 amide bonds. The van der Waals surface area contributed by atoms with Gasteiger partial charge in [-0.25, -0.2) is 13.1 Å². The second kappa shape index (κ2) is 3.73. The summed E-state index contributed by atoms with van der Waals surface area (Å²) in [6.45, 7) is 0. The second-order valence-corrected chi connectivity index (χ2v) is 7.22. The van der Waals surface area contributed by atoms with Gasteiger partial charge >= 0.3 is 0 Å². The number of aryl methyl sites for hydroxylation is 1. The lowest BCUT2D eigenvalue weighted by Gasteiger charge is -2.12. The van der Waals surface area contributed by atoms with E-state index in [1.54, 1.807) is 0 Å². The van der Waals surface area contributed by atoms with E-state index in [-0.39, 0.29) is 11.5 Å². The monoisotopic (exact) mass is 255 g/mol. The molecule has 1 aromatic heterocycles. The summed E-state index contributed by atoms with van der Waals surface area (Å²) in [4.78, 5) is 0. The predicted octanol–water partition coefficient (Wildman–Crippen LogP) is 1.05. The van der Waals surface area contributed by atoms with Crippen LogP contribution >= 0.6 is 0 Å². The number of aromatic nitrogens is 2. The molecular formula is C11H17N3O2S. The molecule has 17 heavy (non-hydrogen) atoms. The maximum atomic E-state index is 11.6. The largest absolute Gasteiger partial charge is 0.384 e. The van der Waals surface area contributed by atoms with Crippen LogP contribution in [0.4, 0.5) is 5.82 Å². The Bertz CT molecular complexity index is 541. The Balaban J connectivity index is 2.01. The quantitative estimate of drug-likeness (QED) is 0.813. The van der Waals surface area contributed by atoms with E-state index in [2.05, 4.69) is 5.10 Å².